The molecular formula is C14H23BrN2OS. The Balaban J connectivity index is 1.87. The van der Waals surface area contributed by atoms with E-state index in [1.807, 2.05) is 12.1 Å². The minimum Gasteiger partial charge on any atom is -0.478 e. The zero-order valence-electron chi connectivity index (χ0n) is 11.3. The number of aromatic nitrogens is 1. The van der Waals surface area contributed by atoms with Gasteiger partial charge in [-0.15, -0.1) is 0 Å². The minimum absolute atomic E-state index is 0.708. The Morgan fingerprint density at radius 1 is 1.11 bits per heavy atom. The van der Waals surface area contributed by atoms with Crippen molar-refractivity contribution in [2.75, 3.05) is 25.4 Å². The third-order valence-electron chi connectivity index (χ3n) is 2.74. The molecule has 19 heavy (non-hydrogen) atoms. The highest BCUT2D eigenvalue weighted by molar-refractivity contribution is 9.10. The average molecular weight is 347 g/mol. The van der Waals surface area contributed by atoms with Crippen LogP contribution in [-0.2, 0) is 0 Å². The summed E-state index contributed by atoms with van der Waals surface area (Å²) in [4.78, 5) is 4.17. The van der Waals surface area contributed by atoms with Crippen molar-refractivity contribution in [3.63, 3.8) is 0 Å². The zero-order chi connectivity index (χ0) is 13.8. The molecule has 0 aliphatic carbocycles. The Labute approximate surface area is 130 Å². The maximum Gasteiger partial charge on any atom is 0.213 e. The lowest BCUT2D eigenvalue weighted by atomic mass is 10.1. The van der Waals surface area contributed by atoms with E-state index in [0.29, 0.717) is 5.88 Å². The third kappa shape index (κ3) is 9.30. The van der Waals surface area contributed by atoms with Crippen LogP contribution >= 0.6 is 28.6 Å². The van der Waals surface area contributed by atoms with Crippen LogP contribution in [0.2, 0.25) is 0 Å². The Morgan fingerprint density at radius 3 is 2.63 bits per heavy atom. The van der Waals surface area contributed by atoms with Gasteiger partial charge in [0.25, 0.3) is 0 Å². The van der Waals surface area contributed by atoms with Gasteiger partial charge in [-0.2, -0.15) is 12.6 Å². The van der Waals surface area contributed by atoms with Crippen molar-refractivity contribution in [1.82, 2.24) is 10.3 Å². The van der Waals surface area contributed by atoms with Gasteiger partial charge < -0.3 is 10.1 Å². The second-order valence-electron chi connectivity index (χ2n) is 4.40. The van der Waals surface area contributed by atoms with E-state index in [-0.39, 0.29) is 0 Å². The number of thiol groups is 1. The Hall–Kier alpha value is -0.260. The molecule has 0 bridgehead atoms. The van der Waals surface area contributed by atoms with E-state index >= 15 is 0 Å². The number of pyridine rings is 1. The maximum atomic E-state index is 5.57. The highest BCUT2D eigenvalue weighted by Crippen LogP contribution is 2.12. The molecule has 1 N–H and O–H groups in total. The lowest BCUT2D eigenvalue weighted by Crippen LogP contribution is -2.17. The summed E-state index contributed by atoms with van der Waals surface area (Å²) in [5.74, 6) is 1.63. The molecule has 0 aliphatic rings. The van der Waals surface area contributed by atoms with E-state index in [1.165, 1.54) is 25.7 Å². The summed E-state index contributed by atoms with van der Waals surface area (Å²) < 4.78 is 6.55. The van der Waals surface area contributed by atoms with Gasteiger partial charge in [-0.05, 0) is 41.4 Å². The van der Waals surface area contributed by atoms with Gasteiger partial charge in [0.2, 0.25) is 5.88 Å². The molecule has 1 aromatic rings. The lowest BCUT2D eigenvalue weighted by Gasteiger charge is -2.05. The van der Waals surface area contributed by atoms with Crippen LogP contribution in [0, 0.1) is 0 Å². The predicted molar refractivity (Wildman–Crippen MR) is 87.2 cm³/mol. The monoisotopic (exact) mass is 346 g/mol. The summed E-state index contributed by atoms with van der Waals surface area (Å²) in [7, 11) is 0. The number of hydrogen-bond donors (Lipinski definition) is 2. The first-order chi connectivity index (χ1) is 9.33. The number of halogens is 1. The molecule has 0 aliphatic heterocycles. The van der Waals surface area contributed by atoms with Gasteiger partial charge in [0.1, 0.15) is 0 Å². The topological polar surface area (TPSA) is 34.1 Å². The number of nitrogens with one attached hydrogen (secondary N) is 1. The fourth-order valence-electron chi connectivity index (χ4n) is 1.71. The van der Waals surface area contributed by atoms with E-state index in [2.05, 4.69) is 38.9 Å². The average Bonchev–Trinajstić information content (AvgIpc) is 2.43. The Kier molecular flexibility index (Phi) is 10.2. The molecule has 0 amide bonds. The van der Waals surface area contributed by atoms with Gasteiger partial charge in [-0.1, -0.05) is 19.3 Å². The first-order valence-electron chi connectivity index (χ1n) is 6.89. The van der Waals surface area contributed by atoms with Crippen molar-refractivity contribution in [2.45, 2.75) is 32.1 Å². The van der Waals surface area contributed by atoms with E-state index < -0.39 is 0 Å². The van der Waals surface area contributed by atoms with Crippen molar-refractivity contribution < 1.29 is 4.74 Å². The molecule has 5 heteroatoms. The smallest absolute Gasteiger partial charge is 0.213 e. The first kappa shape index (κ1) is 16.8. The summed E-state index contributed by atoms with van der Waals surface area (Å²) in [6, 6.07) is 3.83. The predicted octanol–water partition coefficient (Wildman–Crippen LogP) is 3.69. The maximum absolute atomic E-state index is 5.57. The fourth-order valence-corrected chi connectivity index (χ4v) is 2.10. The zero-order valence-corrected chi connectivity index (χ0v) is 13.8. The molecule has 0 fully saturated rings. The van der Waals surface area contributed by atoms with Crippen molar-refractivity contribution >= 4 is 28.6 Å². The molecule has 0 aromatic carbocycles. The molecule has 0 atom stereocenters. The molecule has 0 saturated heterocycles. The number of rotatable bonds is 11. The van der Waals surface area contributed by atoms with Gasteiger partial charge in [-0.3, -0.25) is 0 Å². The van der Waals surface area contributed by atoms with E-state index in [4.69, 9.17) is 4.74 Å². The standard InChI is InChI=1S/C14H23BrN2OS/c15-13-6-7-14(17-12-13)18-10-5-3-1-2-4-8-16-9-11-19/h6-7,12,16,19H,1-5,8-11H2. The molecule has 3 nitrogen and oxygen atoms in total. The van der Waals surface area contributed by atoms with Crippen LogP contribution in [0.25, 0.3) is 0 Å². The fraction of sp³-hybridized carbons (Fsp3) is 0.643. The van der Waals surface area contributed by atoms with Crippen LogP contribution in [0.5, 0.6) is 5.88 Å². The van der Waals surface area contributed by atoms with Crippen LogP contribution in [0.15, 0.2) is 22.8 Å². The van der Waals surface area contributed by atoms with Crippen LogP contribution in [0.1, 0.15) is 32.1 Å². The summed E-state index contributed by atoms with van der Waals surface area (Å²) in [6.45, 7) is 2.88. The van der Waals surface area contributed by atoms with Gasteiger partial charge in [0.05, 0.1) is 6.61 Å². The van der Waals surface area contributed by atoms with Crippen molar-refractivity contribution in [1.29, 1.82) is 0 Å². The highest BCUT2D eigenvalue weighted by atomic mass is 79.9. The molecule has 0 saturated carbocycles. The molecule has 1 aromatic heterocycles. The van der Waals surface area contributed by atoms with Crippen LogP contribution in [-0.4, -0.2) is 30.4 Å². The minimum atomic E-state index is 0.708. The summed E-state index contributed by atoms with van der Waals surface area (Å²) >= 11 is 7.50. The number of ether oxygens (including phenoxy) is 1. The van der Waals surface area contributed by atoms with E-state index in [9.17, 15) is 0 Å². The number of hydrogen-bond acceptors (Lipinski definition) is 4. The normalized spacial score (nSPS) is 10.6. The first-order valence-corrected chi connectivity index (χ1v) is 8.31. The van der Waals surface area contributed by atoms with Crippen LogP contribution in [0.3, 0.4) is 0 Å². The SMILES string of the molecule is SCCNCCCCCCCOc1ccc(Br)cn1. The second kappa shape index (κ2) is 11.6. The van der Waals surface area contributed by atoms with Crippen LogP contribution < -0.4 is 10.1 Å². The molecule has 0 unspecified atom stereocenters. The Morgan fingerprint density at radius 2 is 1.89 bits per heavy atom. The quantitative estimate of drug-likeness (QED) is 0.473. The highest BCUT2D eigenvalue weighted by Gasteiger charge is 1.95. The van der Waals surface area contributed by atoms with Crippen molar-refractivity contribution in [3.05, 3.63) is 22.8 Å². The summed E-state index contributed by atoms with van der Waals surface area (Å²) in [5, 5.41) is 3.35. The van der Waals surface area contributed by atoms with Gasteiger partial charge in [0.15, 0.2) is 0 Å². The van der Waals surface area contributed by atoms with Gasteiger partial charge in [0, 0.05) is 29.0 Å². The van der Waals surface area contributed by atoms with Crippen LogP contribution in [0.4, 0.5) is 0 Å². The summed E-state index contributed by atoms with van der Waals surface area (Å²) in [6.07, 6.45) is 7.90. The van der Waals surface area contributed by atoms with Crippen molar-refractivity contribution in [3.8, 4) is 5.88 Å². The molecule has 108 valence electrons. The molecular weight excluding hydrogens is 324 g/mol. The van der Waals surface area contributed by atoms with Crippen molar-refractivity contribution in [2.24, 2.45) is 0 Å². The van der Waals surface area contributed by atoms with Gasteiger partial charge >= 0.3 is 0 Å². The molecule has 0 radical (unpaired) electrons. The van der Waals surface area contributed by atoms with Gasteiger partial charge in [-0.25, -0.2) is 4.98 Å². The van der Waals surface area contributed by atoms with E-state index in [1.54, 1.807) is 6.20 Å². The largest absolute Gasteiger partial charge is 0.478 e. The summed E-state index contributed by atoms with van der Waals surface area (Å²) in [5.41, 5.74) is 0. The number of unbranched alkanes of at least 4 members (excludes halogenated alkanes) is 4. The van der Waals surface area contributed by atoms with E-state index in [0.717, 1.165) is 36.3 Å². The second-order valence-corrected chi connectivity index (χ2v) is 5.77. The number of nitrogens with zero attached hydrogens (tertiary/aromatic N) is 1. The lowest BCUT2D eigenvalue weighted by molar-refractivity contribution is 0.293. The third-order valence-corrected chi connectivity index (χ3v) is 3.43. The molecule has 0 spiro atoms. The molecule has 1 heterocycles. The molecule has 1 rings (SSSR count). The Bertz CT molecular complexity index is 322.